The molecule has 11 heteroatoms. The Balaban J connectivity index is 1.89. The maximum Gasteiger partial charge on any atom is 0.286 e. The highest BCUT2D eigenvalue weighted by Gasteiger charge is 2.13. The van der Waals surface area contributed by atoms with E-state index in [2.05, 4.69) is 4.99 Å². The van der Waals surface area contributed by atoms with Gasteiger partial charge in [-0.25, -0.2) is 0 Å². The summed E-state index contributed by atoms with van der Waals surface area (Å²) in [4.78, 5) is 27.6. The van der Waals surface area contributed by atoms with Crippen LogP contribution >= 0.6 is 34.5 Å². The number of benzene rings is 2. The molecule has 0 radical (unpaired) electrons. The quantitative estimate of drug-likeness (QED) is 0.275. The molecule has 3 aromatic rings. The third-order valence-electron chi connectivity index (χ3n) is 4.01. The van der Waals surface area contributed by atoms with Gasteiger partial charge < -0.3 is 14.0 Å². The Kier molecular flexibility index (Phi) is 7.43. The summed E-state index contributed by atoms with van der Waals surface area (Å²) in [7, 11) is 0. The Morgan fingerprint density at radius 1 is 1.27 bits per heavy atom. The zero-order valence-corrected chi connectivity index (χ0v) is 18.2. The lowest BCUT2D eigenvalue weighted by atomic mass is 10.3. The summed E-state index contributed by atoms with van der Waals surface area (Å²) in [6.45, 7) is 2.86. The highest BCUT2D eigenvalue weighted by Crippen LogP contribution is 2.27. The first-order chi connectivity index (χ1) is 14.4. The minimum atomic E-state index is -0.521. The van der Waals surface area contributed by atoms with Crippen molar-refractivity contribution >= 4 is 56.3 Å². The Bertz CT molecular complexity index is 1160. The number of nitrogens with zero attached hydrogens (tertiary/aromatic N) is 3. The van der Waals surface area contributed by atoms with E-state index in [1.54, 1.807) is 22.8 Å². The average molecular weight is 470 g/mol. The van der Waals surface area contributed by atoms with Crippen molar-refractivity contribution < 1.29 is 19.2 Å². The van der Waals surface area contributed by atoms with Crippen molar-refractivity contribution in [3.8, 4) is 5.75 Å². The van der Waals surface area contributed by atoms with Crippen LogP contribution in [0.5, 0.6) is 5.75 Å². The topological polar surface area (TPSA) is 96.0 Å². The van der Waals surface area contributed by atoms with Gasteiger partial charge in [-0.15, -0.1) is 0 Å². The van der Waals surface area contributed by atoms with Gasteiger partial charge in [-0.2, -0.15) is 4.99 Å². The van der Waals surface area contributed by atoms with E-state index in [1.807, 2.05) is 6.92 Å². The predicted molar refractivity (Wildman–Crippen MR) is 115 cm³/mol. The van der Waals surface area contributed by atoms with Crippen LogP contribution in [0.25, 0.3) is 10.2 Å². The summed E-state index contributed by atoms with van der Waals surface area (Å²) < 4.78 is 13.3. The molecule has 0 atom stereocenters. The van der Waals surface area contributed by atoms with E-state index in [4.69, 9.17) is 32.7 Å². The number of nitro benzene ring substituents is 1. The number of non-ortho nitro benzene ring substituents is 1. The number of rotatable bonds is 8. The molecule has 30 heavy (non-hydrogen) atoms. The number of hydrogen-bond acceptors (Lipinski definition) is 6. The molecular weight excluding hydrogens is 453 g/mol. The molecule has 0 N–H and O–H groups in total. The minimum Gasteiger partial charge on any atom is -0.482 e. The lowest BCUT2D eigenvalue weighted by Crippen LogP contribution is -2.21. The van der Waals surface area contributed by atoms with Crippen LogP contribution in [0.3, 0.4) is 0 Å². The van der Waals surface area contributed by atoms with Crippen molar-refractivity contribution in [2.45, 2.75) is 13.5 Å². The molecular formula is C19H17Cl2N3O5S. The van der Waals surface area contributed by atoms with Crippen molar-refractivity contribution in [3.63, 3.8) is 0 Å². The number of ether oxygens (including phenoxy) is 2. The van der Waals surface area contributed by atoms with Crippen LogP contribution in [0.4, 0.5) is 5.69 Å². The number of carbonyl (C=O) groups excluding carboxylic acids is 1. The van der Waals surface area contributed by atoms with Crippen molar-refractivity contribution in [2.75, 3.05) is 19.8 Å². The number of amides is 1. The molecule has 0 bridgehead atoms. The van der Waals surface area contributed by atoms with Crippen LogP contribution in [0, 0.1) is 10.1 Å². The van der Waals surface area contributed by atoms with Gasteiger partial charge in [0.05, 0.1) is 26.8 Å². The van der Waals surface area contributed by atoms with E-state index in [0.717, 1.165) is 4.70 Å². The summed E-state index contributed by atoms with van der Waals surface area (Å²) >= 11 is 13.1. The van der Waals surface area contributed by atoms with Gasteiger partial charge in [0.1, 0.15) is 5.75 Å². The zero-order valence-electron chi connectivity index (χ0n) is 15.8. The molecule has 0 saturated carbocycles. The summed E-state index contributed by atoms with van der Waals surface area (Å²) in [5.74, 6) is -0.201. The number of carbonyl (C=O) groups is 1. The Labute approximate surface area is 185 Å². The van der Waals surface area contributed by atoms with Crippen LogP contribution in [0.2, 0.25) is 10.0 Å². The SMILES string of the molecule is CCOCCn1c(=NC(=O)COc2ccc(Cl)cc2Cl)sc2ccc([N+](=O)[O-])cc21. The molecule has 3 rings (SSSR count). The molecule has 0 unspecified atom stereocenters. The van der Waals surface area contributed by atoms with E-state index >= 15 is 0 Å². The molecule has 0 aliphatic rings. The maximum atomic E-state index is 12.4. The van der Waals surface area contributed by atoms with Crippen molar-refractivity contribution in [1.29, 1.82) is 0 Å². The molecule has 158 valence electrons. The first-order valence-corrected chi connectivity index (χ1v) is 10.5. The second-order valence-electron chi connectivity index (χ2n) is 6.01. The molecule has 0 spiro atoms. The zero-order chi connectivity index (χ0) is 21.7. The smallest absolute Gasteiger partial charge is 0.286 e. The van der Waals surface area contributed by atoms with Crippen molar-refractivity contribution in [3.05, 3.63) is 61.4 Å². The third-order valence-corrected chi connectivity index (χ3v) is 5.59. The third kappa shape index (κ3) is 5.37. The number of aromatic nitrogens is 1. The standard InChI is InChI=1S/C19H17Cl2N3O5S/c1-2-28-8-7-23-15-10-13(24(26)27)4-6-17(15)30-19(23)22-18(25)11-29-16-5-3-12(20)9-14(16)21/h3-6,9-10H,2,7-8,11H2,1H3. The molecule has 8 nitrogen and oxygen atoms in total. The van der Waals surface area contributed by atoms with E-state index < -0.39 is 10.8 Å². The molecule has 0 saturated heterocycles. The summed E-state index contributed by atoms with van der Waals surface area (Å²) in [5, 5.41) is 11.9. The largest absolute Gasteiger partial charge is 0.482 e. The van der Waals surface area contributed by atoms with Gasteiger partial charge in [0.2, 0.25) is 0 Å². The van der Waals surface area contributed by atoms with Gasteiger partial charge in [0.25, 0.3) is 11.6 Å². The number of hydrogen-bond donors (Lipinski definition) is 0. The molecule has 2 aromatic carbocycles. The highest BCUT2D eigenvalue weighted by atomic mass is 35.5. The average Bonchev–Trinajstić information content (AvgIpc) is 3.03. The normalized spacial score (nSPS) is 11.8. The fraction of sp³-hybridized carbons (Fsp3) is 0.263. The highest BCUT2D eigenvalue weighted by molar-refractivity contribution is 7.16. The van der Waals surface area contributed by atoms with Gasteiger partial charge in [-0.05, 0) is 31.2 Å². The molecule has 1 amide bonds. The molecule has 0 aliphatic carbocycles. The predicted octanol–water partition coefficient (Wildman–Crippen LogP) is 4.46. The van der Waals surface area contributed by atoms with E-state index in [-0.39, 0.29) is 17.3 Å². The molecule has 1 aromatic heterocycles. The molecule has 0 aliphatic heterocycles. The van der Waals surface area contributed by atoms with Gasteiger partial charge in [-0.1, -0.05) is 34.5 Å². The van der Waals surface area contributed by atoms with Crippen LogP contribution in [-0.2, 0) is 16.1 Å². The van der Waals surface area contributed by atoms with Gasteiger partial charge in [0.15, 0.2) is 11.4 Å². The maximum absolute atomic E-state index is 12.4. The van der Waals surface area contributed by atoms with Crippen molar-refractivity contribution in [1.82, 2.24) is 4.57 Å². The monoisotopic (exact) mass is 469 g/mol. The van der Waals surface area contributed by atoms with Crippen LogP contribution in [0.1, 0.15) is 6.92 Å². The second-order valence-corrected chi connectivity index (χ2v) is 7.86. The Hall–Kier alpha value is -2.46. The lowest BCUT2D eigenvalue weighted by Gasteiger charge is -2.06. The Morgan fingerprint density at radius 2 is 2.07 bits per heavy atom. The lowest BCUT2D eigenvalue weighted by molar-refractivity contribution is -0.384. The first-order valence-electron chi connectivity index (χ1n) is 8.90. The number of fused-ring (bicyclic) bond motifs is 1. The fourth-order valence-electron chi connectivity index (χ4n) is 2.64. The van der Waals surface area contributed by atoms with Crippen LogP contribution in [-0.4, -0.2) is 35.2 Å². The number of halogens is 2. The number of thiazole rings is 1. The van der Waals surface area contributed by atoms with E-state index in [9.17, 15) is 14.9 Å². The Morgan fingerprint density at radius 3 is 2.77 bits per heavy atom. The first kappa shape index (κ1) is 22.2. The summed E-state index contributed by atoms with van der Waals surface area (Å²) in [6, 6.07) is 9.21. The second kappa shape index (κ2) is 10.0. The molecule has 1 heterocycles. The van der Waals surface area contributed by atoms with E-state index in [0.29, 0.717) is 40.8 Å². The summed E-state index contributed by atoms with van der Waals surface area (Å²) in [5.41, 5.74) is 0.575. The number of nitro groups is 1. The van der Waals surface area contributed by atoms with Gasteiger partial charge >= 0.3 is 0 Å². The van der Waals surface area contributed by atoms with E-state index in [1.165, 1.54) is 29.5 Å². The molecule has 0 fully saturated rings. The fourth-order valence-corrected chi connectivity index (χ4v) is 4.16. The van der Waals surface area contributed by atoms with Crippen molar-refractivity contribution in [2.24, 2.45) is 4.99 Å². The van der Waals surface area contributed by atoms with Gasteiger partial charge in [-0.3, -0.25) is 14.9 Å². The van der Waals surface area contributed by atoms with Gasteiger partial charge in [0, 0.05) is 30.3 Å². The summed E-state index contributed by atoms with van der Waals surface area (Å²) in [6.07, 6.45) is 0. The minimum absolute atomic E-state index is 0.0379. The van der Waals surface area contributed by atoms with Crippen LogP contribution < -0.4 is 9.54 Å². The van der Waals surface area contributed by atoms with Crippen LogP contribution in [0.15, 0.2) is 41.4 Å².